The molecule has 4 aromatic carbocycles. The highest BCUT2D eigenvalue weighted by Gasteiger charge is 2.41. The van der Waals surface area contributed by atoms with Gasteiger partial charge in [0.15, 0.2) is 5.60 Å². The molecule has 1 fully saturated rings. The molecule has 15 nitrogen and oxygen atoms in total. The number of nitrogens with zero attached hydrogens (tertiary/aromatic N) is 4. The molecule has 60 heavy (non-hydrogen) atoms. The van der Waals surface area contributed by atoms with Crippen molar-refractivity contribution in [1.29, 1.82) is 5.26 Å². The fourth-order valence-corrected chi connectivity index (χ4v) is 7.50. The zero-order chi connectivity index (χ0) is 44.1. The van der Waals surface area contributed by atoms with Gasteiger partial charge in [0.25, 0.3) is 5.91 Å². The van der Waals surface area contributed by atoms with Crippen LogP contribution in [0.4, 0.5) is 5.69 Å². The quantitative estimate of drug-likeness (QED) is 0.0578. The van der Waals surface area contributed by atoms with E-state index in [4.69, 9.17) is 48.5 Å². The molecule has 316 valence electrons. The number of rotatable bonds is 16. The van der Waals surface area contributed by atoms with Crippen LogP contribution in [-0.4, -0.2) is 112 Å². The molecule has 0 spiro atoms. The third-order valence-corrected chi connectivity index (χ3v) is 11.0. The van der Waals surface area contributed by atoms with E-state index in [2.05, 4.69) is 11.0 Å². The fraction of sp³-hybridized carbons (Fsp3) is 0.326. The van der Waals surface area contributed by atoms with E-state index < -0.39 is 42.3 Å². The van der Waals surface area contributed by atoms with Gasteiger partial charge in [0.05, 0.1) is 47.3 Å². The number of fused-ring (bicyclic) bond motifs is 1. The number of benzene rings is 4. The first-order valence-electron chi connectivity index (χ1n) is 18.7. The molecule has 1 heterocycles. The van der Waals surface area contributed by atoms with Gasteiger partial charge in [-0.05, 0) is 97.0 Å². The second-order valence-electron chi connectivity index (χ2n) is 14.3. The molecule has 1 saturated heterocycles. The average molecular weight is 864 g/mol. The van der Waals surface area contributed by atoms with Gasteiger partial charge in [0.2, 0.25) is 6.29 Å². The number of likely N-dealkylation sites (tertiary alicyclic amines) is 1. The number of aliphatic carboxylic acids is 3. The number of likely N-dealkylation sites (N-methyl/N-ethyl adjacent to an activating group) is 1. The van der Waals surface area contributed by atoms with Crippen LogP contribution in [0.1, 0.15) is 71.0 Å². The second kappa shape index (κ2) is 21.4. The number of hydrogen-bond donors (Lipinski definition) is 4. The Morgan fingerprint density at radius 2 is 1.57 bits per heavy atom. The lowest BCUT2D eigenvalue weighted by Crippen LogP contribution is -2.42. The van der Waals surface area contributed by atoms with Crippen LogP contribution < -0.4 is 5.06 Å². The van der Waals surface area contributed by atoms with E-state index in [-0.39, 0.29) is 24.0 Å². The molecule has 0 aromatic heterocycles. The largest absolute Gasteiger partial charge is 0.481 e. The first-order chi connectivity index (χ1) is 28.5. The highest BCUT2D eigenvalue weighted by atomic mass is 35.5. The van der Waals surface area contributed by atoms with Crippen LogP contribution in [0.5, 0.6) is 0 Å². The summed E-state index contributed by atoms with van der Waals surface area (Å²) in [6.07, 6.45) is 0.498. The summed E-state index contributed by atoms with van der Waals surface area (Å²) < 4.78 is 0. The molecule has 1 atom stereocenters. The van der Waals surface area contributed by atoms with E-state index in [1.165, 1.54) is 7.11 Å². The molecular weight excluding hydrogens is 819 g/mol. The van der Waals surface area contributed by atoms with Gasteiger partial charge in [-0.25, -0.2) is 4.79 Å². The number of amides is 2. The van der Waals surface area contributed by atoms with Crippen molar-refractivity contribution < 1.29 is 54.0 Å². The molecule has 1 aliphatic rings. The average Bonchev–Trinajstić information content (AvgIpc) is 3.22. The topological polar surface area (TPSA) is 226 Å². The lowest BCUT2D eigenvalue weighted by molar-refractivity contribution is -0.170. The zero-order valence-electron chi connectivity index (χ0n) is 32.8. The van der Waals surface area contributed by atoms with Gasteiger partial charge >= 0.3 is 23.8 Å². The van der Waals surface area contributed by atoms with E-state index in [0.717, 1.165) is 65.9 Å². The maximum Gasteiger partial charge on any atom is 0.336 e. The molecule has 4 N–H and O–H groups in total. The summed E-state index contributed by atoms with van der Waals surface area (Å²) in [5, 5.41) is 47.1. The summed E-state index contributed by atoms with van der Waals surface area (Å²) in [7, 11) is 3.17. The summed E-state index contributed by atoms with van der Waals surface area (Å²) in [6, 6.07) is 26.4. The molecular formula is C43H44Cl2N4O11. The number of nitriles is 1. The number of hydrogen-bond acceptors (Lipinski definition) is 10. The van der Waals surface area contributed by atoms with E-state index >= 15 is 0 Å². The first-order valence-corrected chi connectivity index (χ1v) is 19.4. The number of hydroxylamine groups is 1. The number of aliphatic hydroxyl groups is 1. The van der Waals surface area contributed by atoms with Crippen LogP contribution in [0.2, 0.25) is 10.0 Å². The Labute approximate surface area is 355 Å². The van der Waals surface area contributed by atoms with Crippen molar-refractivity contribution in [3.63, 3.8) is 0 Å². The number of para-hydroxylation sites is 1. The molecule has 17 heteroatoms. The molecule has 2 amide bonds. The minimum atomic E-state index is -2.74. The SMILES string of the molecule is CON(C(=O)C=O)c1ccccc1C1CCN(CCC(CN(C)C(=O)c2cc(C#N)cc3ccccc23)c2ccc(Cl)c(Cl)c2)CC1.O=C(O)CC(O)(CC(=O)O)C(=O)O. The smallest absolute Gasteiger partial charge is 0.336 e. The Hall–Kier alpha value is -5.89. The molecule has 1 unspecified atom stereocenters. The number of piperidine rings is 1. The molecule has 1 aliphatic heterocycles. The molecule has 0 aliphatic carbocycles. The monoisotopic (exact) mass is 862 g/mol. The number of carbonyl (C=O) groups is 6. The fourth-order valence-electron chi connectivity index (χ4n) is 7.19. The number of carboxylic acid groups (broad SMARTS) is 3. The lowest BCUT2D eigenvalue weighted by atomic mass is 9.87. The number of aldehydes is 1. The zero-order valence-corrected chi connectivity index (χ0v) is 34.3. The van der Waals surface area contributed by atoms with Gasteiger partial charge in [0, 0.05) is 25.1 Å². The van der Waals surface area contributed by atoms with Gasteiger partial charge in [-0.2, -0.15) is 10.3 Å². The lowest BCUT2D eigenvalue weighted by Gasteiger charge is -2.35. The Morgan fingerprint density at radius 3 is 2.15 bits per heavy atom. The predicted molar refractivity (Wildman–Crippen MR) is 222 cm³/mol. The van der Waals surface area contributed by atoms with Crippen LogP contribution in [0, 0.1) is 11.3 Å². The highest BCUT2D eigenvalue weighted by Crippen LogP contribution is 2.36. The van der Waals surface area contributed by atoms with Gasteiger partial charge in [-0.15, -0.1) is 0 Å². The van der Waals surface area contributed by atoms with Crippen molar-refractivity contribution in [2.45, 2.75) is 49.5 Å². The number of carboxylic acids is 3. The number of halogens is 2. The third-order valence-electron chi connectivity index (χ3n) is 10.2. The van der Waals surface area contributed by atoms with E-state index in [0.29, 0.717) is 33.4 Å². The van der Waals surface area contributed by atoms with E-state index in [1.807, 2.05) is 54.6 Å². The van der Waals surface area contributed by atoms with Crippen molar-refractivity contribution in [2.75, 3.05) is 45.4 Å². The van der Waals surface area contributed by atoms with Crippen LogP contribution in [0.25, 0.3) is 10.8 Å². The van der Waals surface area contributed by atoms with Gasteiger partial charge in [-0.3, -0.25) is 28.8 Å². The Morgan fingerprint density at radius 1 is 0.933 bits per heavy atom. The Bertz CT molecular complexity index is 2260. The van der Waals surface area contributed by atoms with Crippen LogP contribution >= 0.6 is 23.2 Å². The summed E-state index contributed by atoms with van der Waals surface area (Å²) in [6.45, 7) is 2.96. The maximum atomic E-state index is 13.9. The molecule has 5 rings (SSSR count). The van der Waals surface area contributed by atoms with Crippen LogP contribution in [-0.2, 0) is 28.8 Å². The maximum absolute atomic E-state index is 13.9. The van der Waals surface area contributed by atoms with E-state index in [9.17, 15) is 34.0 Å². The van der Waals surface area contributed by atoms with Crippen molar-refractivity contribution in [2.24, 2.45) is 0 Å². The Kier molecular flexibility index (Phi) is 16.7. The minimum Gasteiger partial charge on any atom is -0.481 e. The van der Waals surface area contributed by atoms with Crippen molar-refractivity contribution in [3.8, 4) is 6.07 Å². The third kappa shape index (κ3) is 12.1. The predicted octanol–water partition coefficient (Wildman–Crippen LogP) is 5.99. The number of carbonyl (C=O) groups excluding carboxylic acids is 3. The number of anilines is 1. The van der Waals surface area contributed by atoms with Crippen LogP contribution in [0.15, 0.2) is 78.9 Å². The normalized spacial score (nSPS) is 13.6. The second-order valence-corrected chi connectivity index (χ2v) is 15.1. The molecule has 0 radical (unpaired) electrons. The van der Waals surface area contributed by atoms with Crippen LogP contribution in [0.3, 0.4) is 0 Å². The standard InChI is InChI=1S/C37H36Cl2N4O4.C6H8O7/c1-41(37(46)32-20-25(22-40)19-28-7-3-4-8-30(28)32)23-29(27-11-12-33(38)34(39)21-27)15-18-42-16-13-26(14-17-42)31-9-5-6-10-35(31)43(47-2)36(45)24-44;7-3(8)1-6(13,5(11)12)2-4(9)10/h3-12,19-21,24,26,29H,13-18,23H2,1-2H3;13H,1-2H2,(H,7,8)(H,9,10)(H,11,12). The van der Waals surface area contributed by atoms with Gasteiger partial charge in [0.1, 0.15) is 0 Å². The Balaban J connectivity index is 0.000000526. The van der Waals surface area contributed by atoms with Gasteiger partial charge in [-0.1, -0.05) is 71.7 Å². The summed E-state index contributed by atoms with van der Waals surface area (Å²) in [5.74, 6) is -5.74. The highest BCUT2D eigenvalue weighted by molar-refractivity contribution is 6.42. The first kappa shape index (κ1) is 46.8. The molecule has 0 bridgehead atoms. The van der Waals surface area contributed by atoms with E-state index in [1.54, 1.807) is 36.2 Å². The minimum absolute atomic E-state index is 0.0211. The molecule has 0 saturated carbocycles. The van der Waals surface area contributed by atoms with Crippen molar-refractivity contribution in [1.82, 2.24) is 9.80 Å². The van der Waals surface area contributed by atoms with Crippen molar-refractivity contribution in [3.05, 3.63) is 111 Å². The van der Waals surface area contributed by atoms with Gasteiger partial charge < -0.3 is 30.2 Å². The molecule has 4 aromatic rings. The summed E-state index contributed by atoms with van der Waals surface area (Å²) >= 11 is 12.7. The summed E-state index contributed by atoms with van der Waals surface area (Å²) in [5.41, 5.74) is 0.768. The van der Waals surface area contributed by atoms with Crippen molar-refractivity contribution >= 4 is 75.7 Å². The summed E-state index contributed by atoms with van der Waals surface area (Å²) in [4.78, 5) is 77.1.